The van der Waals surface area contributed by atoms with E-state index in [-0.39, 0.29) is 24.4 Å². The molecule has 0 aliphatic heterocycles. The normalized spacial score (nSPS) is 4.80. The summed E-state index contributed by atoms with van der Waals surface area (Å²) in [5, 5.41) is 6.06. The van der Waals surface area contributed by atoms with Gasteiger partial charge in [-0.05, 0) is 0 Å². The predicted octanol–water partition coefficient (Wildman–Crippen LogP) is -4.04. The van der Waals surface area contributed by atoms with Crippen molar-refractivity contribution in [2.24, 2.45) is 11.5 Å². The molecule has 0 aromatic rings. The Morgan fingerprint density at radius 2 is 1.60 bits per heavy atom. The molecule has 0 aromatic heterocycles. The van der Waals surface area contributed by atoms with E-state index in [0.717, 1.165) is 0 Å². The Labute approximate surface area is 42.1 Å². The first kappa shape index (κ1) is 8.83. The zero-order valence-corrected chi connectivity index (χ0v) is 4.12. The maximum atomic E-state index is 6.06. The molecule has 32 valence electrons. The molecule has 0 heterocycles. The number of nitrogens with one attached hydrogen (secondary N) is 1. The van der Waals surface area contributed by atoms with Crippen molar-refractivity contribution in [1.29, 1.82) is 5.41 Å². The van der Waals surface area contributed by atoms with Crippen molar-refractivity contribution in [2.75, 3.05) is 0 Å². The maximum absolute atomic E-state index is 6.06. The fraction of sp³-hybridized carbons (Fsp3) is 0. The van der Waals surface area contributed by atoms with Crippen LogP contribution < -0.4 is 28.4 Å². The summed E-state index contributed by atoms with van der Waals surface area (Å²) >= 11 is 0. The summed E-state index contributed by atoms with van der Waals surface area (Å²) in [6.45, 7) is 0. The summed E-state index contributed by atoms with van der Waals surface area (Å²) in [6, 6.07) is 0. The van der Waals surface area contributed by atoms with Gasteiger partial charge in [-0.1, -0.05) is 0 Å². The van der Waals surface area contributed by atoms with E-state index in [9.17, 15) is 0 Å². The molecule has 4 heteroatoms. The fourth-order valence-electron chi connectivity index (χ4n) is 0. The van der Waals surface area contributed by atoms with Gasteiger partial charge >= 0.3 is 1.43 Å². The molecule has 5 N–H and O–H groups in total. The van der Waals surface area contributed by atoms with E-state index in [0.29, 0.717) is 0 Å². The van der Waals surface area contributed by atoms with Gasteiger partial charge in [-0.15, -0.1) is 0 Å². The third-order valence-electron chi connectivity index (χ3n) is 0. The van der Waals surface area contributed by atoms with Crippen molar-refractivity contribution in [2.45, 2.75) is 0 Å². The Balaban J connectivity index is -0.0000000450. The van der Waals surface area contributed by atoms with Crippen LogP contribution in [0.25, 0.3) is 0 Å². The second-order valence-electron chi connectivity index (χ2n) is 0.455. The summed E-state index contributed by atoms with van der Waals surface area (Å²) in [4.78, 5) is 0. The van der Waals surface area contributed by atoms with Gasteiger partial charge < -0.3 is 28.4 Å². The number of halogens is 1. The average molecular weight is 140 g/mol. The maximum Gasteiger partial charge on any atom is 1.00 e. The minimum Gasteiger partial charge on any atom is -1.00 e. The van der Waals surface area contributed by atoms with Gasteiger partial charge in [0, 0.05) is 0 Å². The van der Waals surface area contributed by atoms with Crippen molar-refractivity contribution in [3.8, 4) is 0 Å². The second kappa shape index (κ2) is 3.75. The predicted molar refractivity (Wildman–Crippen MR) is 17.2 cm³/mol. The Morgan fingerprint density at radius 1 is 1.60 bits per heavy atom. The van der Waals surface area contributed by atoms with E-state index in [4.69, 9.17) is 5.41 Å². The number of hydrogen-bond donors (Lipinski definition) is 3. The monoisotopic (exact) mass is 139 g/mol. The summed E-state index contributed by atoms with van der Waals surface area (Å²) in [5.41, 5.74) is 8.94. The molecule has 0 radical (unpaired) electrons. The van der Waals surface area contributed by atoms with Gasteiger partial charge in [0.1, 0.15) is 0 Å². The average Bonchev–Trinajstić information content (AvgIpc) is 0.811. The molecule has 5 heavy (non-hydrogen) atoms. The minimum atomic E-state index is -0.333. The first-order chi connectivity index (χ1) is 1.73. The summed E-state index contributed by atoms with van der Waals surface area (Å²) in [6.07, 6.45) is 0. The quantitative estimate of drug-likeness (QED) is 0.236. The molecule has 0 saturated carbocycles. The minimum absolute atomic E-state index is 0. The smallest absolute Gasteiger partial charge is 1.00 e. The lowest BCUT2D eigenvalue weighted by Gasteiger charge is -1.69. The van der Waals surface area contributed by atoms with E-state index in [1.807, 2.05) is 0 Å². The van der Waals surface area contributed by atoms with Crippen LogP contribution in [0.15, 0.2) is 0 Å². The van der Waals surface area contributed by atoms with Crippen LogP contribution in [0.5, 0.6) is 0 Å². The Kier molecular flexibility index (Phi) is 6.62. The Morgan fingerprint density at radius 3 is 1.60 bits per heavy atom. The third kappa shape index (κ3) is 184. The van der Waals surface area contributed by atoms with Crippen LogP contribution in [0.1, 0.15) is 1.43 Å². The lowest BCUT2D eigenvalue weighted by Crippen LogP contribution is -3.00. The molecule has 0 saturated heterocycles. The first-order valence-electron chi connectivity index (χ1n) is 0.827. The topological polar surface area (TPSA) is 75.9 Å². The Bertz CT molecular complexity index is 33.8. The van der Waals surface area contributed by atoms with Gasteiger partial charge in [-0.2, -0.15) is 0 Å². The molecule has 3 nitrogen and oxygen atoms in total. The highest BCUT2D eigenvalue weighted by Crippen LogP contribution is 1.13. The zero-order valence-electron chi connectivity index (χ0n) is 3.53. The first-order valence-corrected chi connectivity index (χ1v) is 0.827. The van der Waals surface area contributed by atoms with Crippen molar-refractivity contribution in [3.05, 3.63) is 0 Å². The summed E-state index contributed by atoms with van der Waals surface area (Å²) < 4.78 is 0. The highest BCUT2D eigenvalue weighted by atomic mass is 79.9. The van der Waals surface area contributed by atoms with Gasteiger partial charge in [0.05, 0.1) is 0 Å². The molecule has 0 amide bonds. The van der Waals surface area contributed by atoms with Gasteiger partial charge in [-0.25, -0.2) is 0 Å². The van der Waals surface area contributed by atoms with Gasteiger partial charge in [0.25, 0.3) is 0 Å². The molecule has 0 unspecified atom stereocenters. The molecular weight excluding hydrogens is 134 g/mol. The number of rotatable bonds is 0. The van der Waals surface area contributed by atoms with Crippen LogP contribution in [0, 0.1) is 5.41 Å². The molecular formula is CH6BrN3. The standard InChI is InChI=1S/CH5N3.BrH/c2-1(3)4;/h(H5,2,3,4);1H. The van der Waals surface area contributed by atoms with E-state index in [1.165, 1.54) is 0 Å². The third-order valence-corrected chi connectivity index (χ3v) is 0. The lowest BCUT2D eigenvalue weighted by atomic mass is 11.1. The Hall–Kier alpha value is -0.250. The van der Waals surface area contributed by atoms with Crippen LogP contribution in [0.2, 0.25) is 0 Å². The molecule has 0 aliphatic carbocycles. The van der Waals surface area contributed by atoms with Crippen molar-refractivity contribution >= 4 is 5.96 Å². The summed E-state index contributed by atoms with van der Waals surface area (Å²) in [5.74, 6) is -0.333. The molecule has 0 fully saturated rings. The molecule has 0 aromatic carbocycles. The molecule has 0 atom stereocenters. The largest absolute Gasteiger partial charge is 1.00 e. The zero-order chi connectivity index (χ0) is 3.58. The SMILES string of the molecule is N=C(N)N.[Br-].[H+]. The highest BCUT2D eigenvalue weighted by Gasteiger charge is 1.52. The van der Waals surface area contributed by atoms with Crippen molar-refractivity contribution in [3.63, 3.8) is 0 Å². The van der Waals surface area contributed by atoms with Gasteiger partial charge in [0.2, 0.25) is 0 Å². The molecule has 0 aliphatic rings. The number of nitrogens with two attached hydrogens (primary N) is 2. The molecule has 0 spiro atoms. The van der Waals surface area contributed by atoms with E-state index < -0.39 is 0 Å². The van der Waals surface area contributed by atoms with Gasteiger partial charge in [0.15, 0.2) is 5.96 Å². The van der Waals surface area contributed by atoms with Crippen LogP contribution in [-0.2, 0) is 0 Å². The van der Waals surface area contributed by atoms with Crippen molar-refractivity contribution in [1.82, 2.24) is 0 Å². The number of hydrogen-bond acceptors (Lipinski definition) is 1. The highest BCUT2D eigenvalue weighted by molar-refractivity contribution is 5.71. The summed E-state index contributed by atoms with van der Waals surface area (Å²) in [7, 11) is 0. The molecule has 0 rings (SSSR count). The van der Waals surface area contributed by atoms with E-state index in [1.54, 1.807) is 0 Å². The molecule has 0 bridgehead atoms. The van der Waals surface area contributed by atoms with E-state index >= 15 is 0 Å². The van der Waals surface area contributed by atoms with Crippen LogP contribution in [0.3, 0.4) is 0 Å². The fourth-order valence-corrected chi connectivity index (χ4v) is 0. The number of guanidine groups is 1. The van der Waals surface area contributed by atoms with E-state index in [2.05, 4.69) is 11.5 Å². The van der Waals surface area contributed by atoms with Crippen molar-refractivity contribution < 1.29 is 18.4 Å². The van der Waals surface area contributed by atoms with Crippen LogP contribution in [-0.4, -0.2) is 5.96 Å². The van der Waals surface area contributed by atoms with Crippen LogP contribution >= 0.6 is 0 Å². The van der Waals surface area contributed by atoms with Gasteiger partial charge in [-0.3, -0.25) is 5.41 Å². The lowest BCUT2D eigenvalue weighted by molar-refractivity contribution is -0.00000147. The second-order valence-corrected chi connectivity index (χ2v) is 0.455. The van der Waals surface area contributed by atoms with Crippen LogP contribution in [0.4, 0.5) is 0 Å².